The van der Waals surface area contributed by atoms with Crippen molar-refractivity contribution in [1.29, 1.82) is 0 Å². The quantitative estimate of drug-likeness (QED) is 0.415. The Labute approximate surface area is 105 Å². The van der Waals surface area contributed by atoms with E-state index >= 15 is 0 Å². The van der Waals surface area contributed by atoms with Gasteiger partial charge in [-0.15, -0.1) is 0 Å². The van der Waals surface area contributed by atoms with Gasteiger partial charge in [0.2, 0.25) is 0 Å². The van der Waals surface area contributed by atoms with Crippen LogP contribution in [-0.4, -0.2) is 39.5 Å². The maximum atomic E-state index is 11.5. The van der Waals surface area contributed by atoms with E-state index in [1.165, 1.54) is 39.9 Å². The van der Waals surface area contributed by atoms with Gasteiger partial charge in [0.1, 0.15) is 0 Å². The maximum absolute atomic E-state index is 11.5. The van der Waals surface area contributed by atoms with Crippen LogP contribution in [0.15, 0.2) is 0 Å². The molecule has 0 aliphatic heterocycles. The lowest BCUT2D eigenvalue weighted by Crippen LogP contribution is -2.30. The molecule has 0 rings (SSSR count). The third-order valence-electron chi connectivity index (χ3n) is 2.61. The van der Waals surface area contributed by atoms with E-state index in [0.717, 1.165) is 12.8 Å². The summed E-state index contributed by atoms with van der Waals surface area (Å²) in [5.41, 5.74) is 0. The fourth-order valence-corrected chi connectivity index (χ4v) is 1.53. The molecule has 0 heterocycles. The molecule has 0 radical (unpaired) electrons. The lowest BCUT2D eigenvalue weighted by Gasteiger charge is -2.13. The highest BCUT2D eigenvalue weighted by molar-refractivity contribution is 5.74. The molecule has 0 saturated carbocycles. The lowest BCUT2D eigenvalue weighted by atomic mass is 10.1. The molecule has 0 N–H and O–H groups in total. The van der Waals surface area contributed by atoms with Crippen LogP contribution in [0.3, 0.4) is 0 Å². The number of ether oxygens (including phenoxy) is 3. The molecule has 0 amide bonds. The first kappa shape index (κ1) is 16.4. The SMILES string of the molecule is CCCCCCCCOC(=O)[C@H](COC)OC. The average molecular weight is 246 g/mol. The van der Waals surface area contributed by atoms with Gasteiger partial charge < -0.3 is 14.2 Å². The van der Waals surface area contributed by atoms with E-state index in [-0.39, 0.29) is 12.6 Å². The van der Waals surface area contributed by atoms with E-state index in [2.05, 4.69) is 6.92 Å². The van der Waals surface area contributed by atoms with E-state index in [4.69, 9.17) is 14.2 Å². The smallest absolute Gasteiger partial charge is 0.337 e. The summed E-state index contributed by atoms with van der Waals surface area (Å²) < 4.78 is 14.9. The van der Waals surface area contributed by atoms with Crippen molar-refractivity contribution in [3.63, 3.8) is 0 Å². The maximum Gasteiger partial charge on any atom is 0.337 e. The van der Waals surface area contributed by atoms with E-state index in [0.29, 0.717) is 6.61 Å². The molecule has 102 valence electrons. The number of unbranched alkanes of at least 4 members (excludes halogenated alkanes) is 5. The lowest BCUT2D eigenvalue weighted by molar-refractivity contribution is -0.158. The summed E-state index contributed by atoms with van der Waals surface area (Å²) in [7, 11) is 3.02. The molecular formula is C13H26O4. The predicted molar refractivity (Wildman–Crippen MR) is 67.0 cm³/mol. The predicted octanol–water partition coefficient (Wildman–Crippen LogP) is 2.55. The molecular weight excluding hydrogens is 220 g/mol. The third kappa shape index (κ3) is 9.12. The first-order chi connectivity index (χ1) is 8.26. The summed E-state index contributed by atoms with van der Waals surface area (Å²) in [6.07, 6.45) is 6.49. The van der Waals surface area contributed by atoms with Gasteiger partial charge in [0.15, 0.2) is 6.10 Å². The van der Waals surface area contributed by atoms with Crippen molar-refractivity contribution in [2.45, 2.75) is 51.6 Å². The molecule has 0 saturated heterocycles. The van der Waals surface area contributed by atoms with Crippen LogP contribution in [0.25, 0.3) is 0 Å². The highest BCUT2D eigenvalue weighted by Gasteiger charge is 2.18. The van der Waals surface area contributed by atoms with Gasteiger partial charge >= 0.3 is 5.97 Å². The third-order valence-corrected chi connectivity index (χ3v) is 2.61. The minimum absolute atomic E-state index is 0.242. The Balaban J connectivity index is 3.43. The number of hydrogen-bond donors (Lipinski definition) is 0. The van der Waals surface area contributed by atoms with Crippen molar-refractivity contribution >= 4 is 5.97 Å². The zero-order valence-corrected chi connectivity index (χ0v) is 11.4. The van der Waals surface area contributed by atoms with Crippen molar-refractivity contribution in [2.75, 3.05) is 27.4 Å². The van der Waals surface area contributed by atoms with Gasteiger partial charge in [0.05, 0.1) is 13.2 Å². The fourth-order valence-electron chi connectivity index (χ4n) is 1.53. The van der Waals surface area contributed by atoms with Crippen LogP contribution in [0.2, 0.25) is 0 Å². The summed E-state index contributed by atoms with van der Waals surface area (Å²) in [5, 5.41) is 0. The van der Waals surface area contributed by atoms with Crippen LogP contribution in [-0.2, 0) is 19.0 Å². The second-order valence-corrected chi connectivity index (χ2v) is 4.11. The van der Waals surface area contributed by atoms with E-state index < -0.39 is 6.10 Å². The number of carbonyl (C=O) groups excluding carboxylic acids is 1. The Kier molecular flexibility index (Phi) is 11.4. The van der Waals surface area contributed by atoms with Gasteiger partial charge in [-0.05, 0) is 6.42 Å². The Morgan fingerprint density at radius 2 is 1.71 bits per heavy atom. The molecule has 0 aliphatic rings. The largest absolute Gasteiger partial charge is 0.464 e. The molecule has 0 aromatic rings. The van der Waals surface area contributed by atoms with Gasteiger partial charge in [0.25, 0.3) is 0 Å². The zero-order chi connectivity index (χ0) is 12.9. The van der Waals surface area contributed by atoms with Crippen molar-refractivity contribution in [3.8, 4) is 0 Å². The molecule has 0 fully saturated rings. The van der Waals surface area contributed by atoms with Crippen LogP contribution >= 0.6 is 0 Å². The van der Waals surface area contributed by atoms with E-state index in [1.54, 1.807) is 0 Å². The Morgan fingerprint density at radius 3 is 2.29 bits per heavy atom. The van der Waals surface area contributed by atoms with Crippen LogP contribution in [0, 0.1) is 0 Å². The van der Waals surface area contributed by atoms with Gasteiger partial charge in [-0.3, -0.25) is 0 Å². The first-order valence-corrected chi connectivity index (χ1v) is 6.44. The highest BCUT2D eigenvalue weighted by Crippen LogP contribution is 2.05. The van der Waals surface area contributed by atoms with Crippen LogP contribution < -0.4 is 0 Å². The summed E-state index contributed by atoms with van der Waals surface area (Å²) >= 11 is 0. The molecule has 4 nitrogen and oxygen atoms in total. The Bertz CT molecular complexity index is 182. The standard InChI is InChI=1S/C13H26O4/c1-4-5-6-7-8-9-10-17-13(14)12(16-3)11-15-2/h12H,4-11H2,1-3H3/t12-/m0/s1. The molecule has 0 aromatic carbocycles. The monoisotopic (exact) mass is 246 g/mol. The minimum atomic E-state index is -0.597. The number of carbonyl (C=O) groups is 1. The van der Waals surface area contributed by atoms with Crippen LogP contribution in [0.5, 0.6) is 0 Å². The van der Waals surface area contributed by atoms with Crippen molar-refractivity contribution in [3.05, 3.63) is 0 Å². The fraction of sp³-hybridized carbons (Fsp3) is 0.923. The van der Waals surface area contributed by atoms with Gasteiger partial charge in [-0.1, -0.05) is 39.0 Å². The second kappa shape index (κ2) is 11.9. The van der Waals surface area contributed by atoms with Gasteiger partial charge in [0, 0.05) is 14.2 Å². The number of rotatable bonds is 11. The zero-order valence-electron chi connectivity index (χ0n) is 11.4. The van der Waals surface area contributed by atoms with E-state index in [1.807, 2.05) is 0 Å². The first-order valence-electron chi connectivity index (χ1n) is 6.44. The minimum Gasteiger partial charge on any atom is -0.464 e. The molecule has 0 spiro atoms. The van der Waals surface area contributed by atoms with Crippen molar-refractivity contribution in [1.82, 2.24) is 0 Å². The summed E-state index contributed by atoms with van der Waals surface area (Å²) in [6.45, 7) is 2.92. The number of esters is 1. The molecule has 0 unspecified atom stereocenters. The molecule has 4 heteroatoms. The van der Waals surface area contributed by atoms with Gasteiger partial charge in [-0.2, -0.15) is 0 Å². The van der Waals surface area contributed by atoms with Crippen LogP contribution in [0.4, 0.5) is 0 Å². The summed E-state index contributed by atoms with van der Waals surface area (Å²) in [5.74, 6) is -0.331. The topological polar surface area (TPSA) is 44.8 Å². The number of methoxy groups -OCH3 is 2. The summed E-state index contributed by atoms with van der Waals surface area (Å²) in [4.78, 5) is 11.5. The van der Waals surface area contributed by atoms with E-state index in [9.17, 15) is 4.79 Å². The van der Waals surface area contributed by atoms with Gasteiger partial charge in [-0.25, -0.2) is 4.79 Å². The van der Waals surface area contributed by atoms with Crippen LogP contribution in [0.1, 0.15) is 45.4 Å². The van der Waals surface area contributed by atoms with Crippen molar-refractivity contribution < 1.29 is 19.0 Å². The second-order valence-electron chi connectivity index (χ2n) is 4.11. The Hall–Kier alpha value is -0.610. The molecule has 0 aromatic heterocycles. The van der Waals surface area contributed by atoms with Crippen molar-refractivity contribution in [2.24, 2.45) is 0 Å². The number of hydrogen-bond acceptors (Lipinski definition) is 4. The normalized spacial score (nSPS) is 12.4. The molecule has 17 heavy (non-hydrogen) atoms. The summed E-state index contributed by atoms with van der Waals surface area (Å²) in [6, 6.07) is 0. The molecule has 0 aliphatic carbocycles. The highest BCUT2D eigenvalue weighted by atomic mass is 16.6. The average Bonchev–Trinajstić information content (AvgIpc) is 2.34. The molecule has 0 bridgehead atoms. The Morgan fingerprint density at radius 1 is 1.06 bits per heavy atom. The molecule has 1 atom stereocenters.